The van der Waals surface area contributed by atoms with E-state index in [1.165, 1.54) is 11.6 Å². The van der Waals surface area contributed by atoms with Crippen molar-refractivity contribution in [3.63, 3.8) is 0 Å². The van der Waals surface area contributed by atoms with E-state index in [9.17, 15) is 4.79 Å². The maximum absolute atomic E-state index is 11.7. The molecule has 0 aliphatic carbocycles. The quantitative estimate of drug-likeness (QED) is 0.864. The lowest BCUT2D eigenvalue weighted by atomic mass is 9.87. The lowest BCUT2D eigenvalue weighted by molar-refractivity contribution is -0.116. The summed E-state index contributed by atoms with van der Waals surface area (Å²) in [5.41, 5.74) is 2.43. The van der Waals surface area contributed by atoms with Gasteiger partial charge in [0.25, 0.3) is 0 Å². The monoisotopic (exact) mass is 283 g/mol. The van der Waals surface area contributed by atoms with Gasteiger partial charge in [-0.1, -0.05) is 45.0 Å². The SMILES string of the molecule is CC(C)(C)c1ccc(/C=C\C(=O)NCc2ccco2)cc1. The number of hydrogen-bond acceptors (Lipinski definition) is 2. The minimum atomic E-state index is -0.133. The number of carbonyl (C=O) groups excluding carboxylic acids is 1. The van der Waals surface area contributed by atoms with Crippen molar-refractivity contribution in [3.8, 4) is 0 Å². The van der Waals surface area contributed by atoms with E-state index in [2.05, 4.69) is 38.2 Å². The first-order valence-electron chi connectivity index (χ1n) is 7.04. The van der Waals surface area contributed by atoms with E-state index >= 15 is 0 Å². The second-order valence-electron chi connectivity index (χ2n) is 6.00. The number of nitrogens with one attached hydrogen (secondary N) is 1. The molecule has 1 amide bonds. The predicted molar refractivity (Wildman–Crippen MR) is 84.7 cm³/mol. The Balaban J connectivity index is 1.90. The van der Waals surface area contributed by atoms with Crippen LogP contribution in [-0.4, -0.2) is 5.91 Å². The average Bonchev–Trinajstić information content (AvgIpc) is 2.95. The van der Waals surface area contributed by atoms with Crippen LogP contribution in [0.5, 0.6) is 0 Å². The van der Waals surface area contributed by atoms with Gasteiger partial charge >= 0.3 is 0 Å². The Bertz CT molecular complexity index is 602. The van der Waals surface area contributed by atoms with Gasteiger partial charge in [0, 0.05) is 6.08 Å². The summed E-state index contributed by atoms with van der Waals surface area (Å²) in [6, 6.07) is 11.9. The summed E-state index contributed by atoms with van der Waals surface area (Å²) < 4.78 is 5.15. The fourth-order valence-electron chi connectivity index (χ4n) is 1.91. The minimum absolute atomic E-state index is 0.133. The van der Waals surface area contributed by atoms with Gasteiger partial charge in [0.2, 0.25) is 5.91 Å². The molecule has 110 valence electrons. The van der Waals surface area contributed by atoms with Crippen molar-refractivity contribution < 1.29 is 9.21 Å². The zero-order valence-electron chi connectivity index (χ0n) is 12.7. The second kappa shape index (κ2) is 6.44. The van der Waals surface area contributed by atoms with Crippen LogP contribution in [-0.2, 0) is 16.8 Å². The van der Waals surface area contributed by atoms with Crippen molar-refractivity contribution in [2.45, 2.75) is 32.7 Å². The predicted octanol–water partition coefficient (Wildman–Crippen LogP) is 3.91. The van der Waals surface area contributed by atoms with Crippen LogP contribution in [0, 0.1) is 0 Å². The maximum Gasteiger partial charge on any atom is 0.244 e. The molecule has 21 heavy (non-hydrogen) atoms. The van der Waals surface area contributed by atoms with Gasteiger partial charge in [-0.05, 0) is 34.8 Å². The molecule has 0 saturated carbocycles. The fraction of sp³-hybridized carbons (Fsp3) is 0.278. The Kier molecular flexibility index (Phi) is 4.63. The van der Waals surface area contributed by atoms with Crippen LogP contribution in [0.1, 0.15) is 37.7 Å². The molecule has 0 fully saturated rings. The van der Waals surface area contributed by atoms with Gasteiger partial charge in [-0.25, -0.2) is 0 Å². The standard InChI is InChI=1S/C18H21NO2/c1-18(2,3)15-9-6-14(7-10-15)8-11-17(20)19-13-16-5-4-12-21-16/h4-12H,13H2,1-3H3,(H,19,20)/b11-8-. The number of carbonyl (C=O) groups is 1. The van der Waals surface area contributed by atoms with Gasteiger partial charge in [-0.3, -0.25) is 4.79 Å². The van der Waals surface area contributed by atoms with E-state index < -0.39 is 0 Å². The molecule has 0 radical (unpaired) electrons. The van der Waals surface area contributed by atoms with Crippen molar-refractivity contribution in [1.29, 1.82) is 0 Å². The smallest absolute Gasteiger partial charge is 0.244 e. The van der Waals surface area contributed by atoms with Gasteiger partial charge in [0.1, 0.15) is 5.76 Å². The normalized spacial score (nSPS) is 11.8. The molecule has 0 bridgehead atoms. The highest BCUT2D eigenvalue weighted by Gasteiger charge is 2.12. The third-order valence-electron chi connectivity index (χ3n) is 3.22. The summed E-state index contributed by atoms with van der Waals surface area (Å²) in [5.74, 6) is 0.609. The summed E-state index contributed by atoms with van der Waals surface area (Å²) in [6.45, 7) is 6.94. The van der Waals surface area contributed by atoms with Gasteiger partial charge in [-0.15, -0.1) is 0 Å². The lowest BCUT2D eigenvalue weighted by Crippen LogP contribution is -2.19. The number of benzene rings is 1. The summed E-state index contributed by atoms with van der Waals surface area (Å²) >= 11 is 0. The molecule has 1 aromatic carbocycles. The van der Waals surface area contributed by atoms with E-state index in [1.807, 2.05) is 24.3 Å². The summed E-state index contributed by atoms with van der Waals surface area (Å²) in [6.07, 6.45) is 4.94. The average molecular weight is 283 g/mol. The number of furan rings is 1. The molecule has 3 nitrogen and oxygen atoms in total. The molecule has 0 spiro atoms. The fourth-order valence-corrected chi connectivity index (χ4v) is 1.91. The third-order valence-corrected chi connectivity index (χ3v) is 3.22. The molecule has 2 rings (SSSR count). The number of rotatable bonds is 4. The Hall–Kier alpha value is -2.29. The Morgan fingerprint density at radius 1 is 1.19 bits per heavy atom. The third kappa shape index (κ3) is 4.63. The molecule has 0 aliphatic heterocycles. The van der Waals surface area contributed by atoms with Crippen molar-refractivity contribution >= 4 is 12.0 Å². The van der Waals surface area contributed by atoms with Crippen LogP contribution < -0.4 is 5.32 Å². The zero-order chi connectivity index (χ0) is 15.3. The molecular weight excluding hydrogens is 262 g/mol. The van der Waals surface area contributed by atoms with E-state index in [0.717, 1.165) is 11.3 Å². The van der Waals surface area contributed by atoms with E-state index in [-0.39, 0.29) is 11.3 Å². The summed E-state index contributed by atoms with van der Waals surface area (Å²) in [7, 11) is 0. The molecule has 1 aromatic heterocycles. The van der Waals surface area contributed by atoms with Gasteiger partial charge < -0.3 is 9.73 Å². The van der Waals surface area contributed by atoms with Crippen molar-refractivity contribution in [1.82, 2.24) is 5.32 Å². The minimum Gasteiger partial charge on any atom is -0.467 e. The topological polar surface area (TPSA) is 42.2 Å². The molecule has 0 atom stereocenters. The van der Waals surface area contributed by atoms with Crippen LogP contribution in [0.4, 0.5) is 0 Å². The van der Waals surface area contributed by atoms with Crippen LogP contribution in [0.15, 0.2) is 53.2 Å². The maximum atomic E-state index is 11.7. The first-order valence-corrected chi connectivity index (χ1v) is 7.04. The summed E-state index contributed by atoms with van der Waals surface area (Å²) in [4.78, 5) is 11.7. The highest BCUT2D eigenvalue weighted by molar-refractivity contribution is 5.91. The van der Waals surface area contributed by atoms with Crippen molar-refractivity contribution in [2.24, 2.45) is 0 Å². The first-order chi connectivity index (χ1) is 9.95. The molecule has 3 heteroatoms. The lowest BCUT2D eigenvalue weighted by Gasteiger charge is -2.18. The number of amides is 1. The van der Waals surface area contributed by atoms with E-state index in [0.29, 0.717) is 6.54 Å². The van der Waals surface area contributed by atoms with E-state index in [1.54, 1.807) is 12.3 Å². The van der Waals surface area contributed by atoms with Crippen LogP contribution in [0.2, 0.25) is 0 Å². The van der Waals surface area contributed by atoms with E-state index in [4.69, 9.17) is 4.42 Å². The largest absolute Gasteiger partial charge is 0.467 e. The first kappa shape index (κ1) is 15.1. The van der Waals surface area contributed by atoms with Gasteiger partial charge in [-0.2, -0.15) is 0 Å². The number of hydrogen-bond donors (Lipinski definition) is 1. The Morgan fingerprint density at radius 3 is 2.48 bits per heavy atom. The molecule has 1 heterocycles. The van der Waals surface area contributed by atoms with Crippen LogP contribution in [0.25, 0.3) is 6.08 Å². The van der Waals surface area contributed by atoms with Crippen LogP contribution in [0.3, 0.4) is 0 Å². The second-order valence-corrected chi connectivity index (χ2v) is 6.00. The van der Waals surface area contributed by atoms with Gasteiger partial charge in [0.05, 0.1) is 12.8 Å². The Labute approximate surface area is 125 Å². The zero-order valence-corrected chi connectivity index (χ0v) is 12.7. The van der Waals surface area contributed by atoms with Crippen LogP contribution >= 0.6 is 0 Å². The molecule has 0 saturated heterocycles. The summed E-state index contributed by atoms with van der Waals surface area (Å²) in [5, 5.41) is 2.77. The molecule has 2 aromatic rings. The van der Waals surface area contributed by atoms with Crippen molar-refractivity contribution in [3.05, 3.63) is 65.6 Å². The van der Waals surface area contributed by atoms with Gasteiger partial charge in [0.15, 0.2) is 0 Å². The molecule has 0 unspecified atom stereocenters. The Morgan fingerprint density at radius 2 is 1.90 bits per heavy atom. The molecule has 0 aliphatic rings. The molecular formula is C18H21NO2. The molecule has 1 N–H and O–H groups in total. The highest BCUT2D eigenvalue weighted by atomic mass is 16.3. The highest BCUT2D eigenvalue weighted by Crippen LogP contribution is 2.22. The van der Waals surface area contributed by atoms with Crippen molar-refractivity contribution in [2.75, 3.05) is 0 Å².